The van der Waals surface area contributed by atoms with Crippen molar-refractivity contribution in [3.63, 3.8) is 0 Å². The van der Waals surface area contributed by atoms with Crippen molar-refractivity contribution in [2.24, 2.45) is 0 Å². The lowest BCUT2D eigenvalue weighted by Crippen LogP contribution is -2.28. The molecule has 104 valence electrons. The fourth-order valence-corrected chi connectivity index (χ4v) is 3.08. The van der Waals surface area contributed by atoms with Crippen molar-refractivity contribution in [2.75, 3.05) is 6.54 Å². The van der Waals surface area contributed by atoms with E-state index in [4.69, 9.17) is 0 Å². The first-order chi connectivity index (χ1) is 9.90. The van der Waals surface area contributed by atoms with E-state index in [1.54, 1.807) is 0 Å². The quantitative estimate of drug-likeness (QED) is 0.903. The monoisotopic (exact) mass is 267 g/mol. The van der Waals surface area contributed by atoms with Gasteiger partial charge in [0.05, 0.1) is 11.7 Å². The van der Waals surface area contributed by atoms with Gasteiger partial charge in [-0.3, -0.25) is 9.97 Å². The van der Waals surface area contributed by atoms with Gasteiger partial charge in [-0.2, -0.15) is 0 Å². The summed E-state index contributed by atoms with van der Waals surface area (Å²) in [6, 6.07) is 10.7. The molecule has 20 heavy (non-hydrogen) atoms. The average molecular weight is 267 g/mol. The standard InChI is InChI=1S/C17H21N3/c1-2-10-19-17(15-7-3-4-11-18-15)14-9-8-13-6-5-12-20-16(13)14/h3-7,11-12,14,17,19H,2,8-10H2,1H3. The third-order valence-corrected chi connectivity index (χ3v) is 4.03. The highest BCUT2D eigenvalue weighted by atomic mass is 15.0. The van der Waals surface area contributed by atoms with Gasteiger partial charge in [0.2, 0.25) is 0 Å². The van der Waals surface area contributed by atoms with E-state index in [0.29, 0.717) is 5.92 Å². The number of pyridine rings is 2. The van der Waals surface area contributed by atoms with Gasteiger partial charge in [-0.15, -0.1) is 0 Å². The van der Waals surface area contributed by atoms with E-state index in [0.717, 1.165) is 31.5 Å². The number of rotatable bonds is 5. The number of nitrogens with one attached hydrogen (secondary N) is 1. The molecule has 0 bridgehead atoms. The molecule has 3 rings (SSSR count). The van der Waals surface area contributed by atoms with Gasteiger partial charge in [0.1, 0.15) is 0 Å². The molecule has 3 nitrogen and oxygen atoms in total. The highest BCUT2D eigenvalue weighted by molar-refractivity contribution is 5.31. The summed E-state index contributed by atoms with van der Waals surface area (Å²) in [6.07, 6.45) is 7.21. The molecule has 0 saturated heterocycles. The molecular weight excluding hydrogens is 246 g/mol. The number of fused-ring (bicyclic) bond motifs is 1. The normalized spacial score (nSPS) is 18.8. The van der Waals surface area contributed by atoms with Gasteiger partial charge in [0.25, 0.3) is 0 Å². The maximum Gasteiger partial charge on any atom is 0.0580 e. The second-order valence-electron chi connectivity index (χ2n) is 5.38. The summed E-state index contributed by atoms with van der Waals surface area (Å²) in [6.45, 7) is 3.21. The highest BCUT2D eigenvalue weighted by Crippen LogP contribution is 2.39. The smallest absolute Gasteiger partial charge is 0.0580 e. The molecule has 1 aliphatic rings. The molecule has 0 radical (unpaired) electrons. The van der Waals surface area contributed by atoms with Crippen LogP contribution < -0.4 is 5.32 Å². The fraction of sp³-hybridized carbons (Fsp3) is 0.412. The number of aromatic nitrogens is 2. The Morgan fingerprint density at radius 3 is 2.90 bits per heavy atom. The summed E-state index contributed by atoms with van der Waals surface area (Å²) >= 11 is 0. The van der Waals surface area contributed by atoms with Crippen molar-refractivity contribution in [2.45, 2.75) is 38.1 Å². The van der Waals surface area contributed by atoms with Crippen molar-refractivity contribution in [3.8, 4) is 0 Å². The van der Waals surface area contributed by atoms with Gasteiger partial charge in [-0.25, -0.2) is 0 Å². The summed E-state index contributed by atoms with van der Waals surface area (Å²) in [5.41, 5.74) is 3.79. The van der Waals surface area contributed by atoms with E-state index in [1.165, 1.54) is 11.3 Å². The van der Waals surface area contributed by atoms with Crippen molar-refractivity contribution in [1.29, 1.82) is 0 Å². The maximum absolute atomic E-state index is 4.63. The molecule has 1 aliphatic carbocycles. The summed E-state index contributed by atoms with van der Waals surface area (Å²) < 4.78 is 0. The minimum absolute atomic E-state index is 0.271. The van der Waals surface area contributed by atoms with Crippen LogP contribution in [0.2, 0.25) is 0 Å². The lowest BCUT2D eigenvalue weighted by atomic mass is 9.93. The van der Waals surface area contributed by atoms with Crippen molar-refractivity contribution < 1.29 is 0 Å². The molecule has 0 aromatic carbocycles. The predicted molar refractivity (Wildman–Crippen MR) is 80.6 cm³/mol. The van der Waals surface area contributed by atoms with Crippen LogP contribution >= 0.6 is 0 Å². The molecule has 0 aliphatic heterocycles. The van der Waals surface area contributed by atoms with Crippen molar-refractivity contribution in [3.05, 3.63) is 59.7 Å². The van der Waals surface area contributed by atoms with Gasteiger partial charge in [-0.1, -0.05) is 19.1 Å². The molecule has 1 N–H and O–H groups in total. The number of hydrogen-bond donors (Lipinski definition) is 1. The SMILES string of the molecule is CCCNC(c1ccccn1)C1CCc2cccnc21. The molecule has 3 heteroatoms. The molecule has 2 atom stereocenters. The van der Waals surface area contributed by atoms with Crippen molar-refractivity contribution in [1.82, 2.24) is 15.3 Å². The van der Waals surface area contributed by atoms with Gasteiger partial charge < -0.3 is 5.32 Å². The van der Waals surface area contributed by atoms with E-state index in [-0.39, 0.29) is 6.04 Å². The largest absolute Gasteiger partial charge is 0.308 e. The van der Waals surface area contributed by atoms with E-state index >= 15 is 0 Å². The first kappa shape index (κ1) is 13.3. The molecule has 2 aromatic rings. The summed E-state index contributed by atoms with van der Waals surface area (Å²) in [4.78, 5) is 9.19. The van der Waals surface area contributed by atoms with E-state index in [1.807, 2.05) is 24.5 Å². The molecule has 0 amide bonds. The van der Waals surface area contributed by atoms with Crippen LogP contribution in [0.15, 0.2) is 42.7 Å². The zero-order valence-corrected chi connectivity index (χ0v) is 11.9. The summed E-state index contributed by atoms with van der Waals surface area (Å²) in [7, 11) is 0. The van der Waals surface area contributed by atoms with Crippen LogP contribution in [0, 0.1) is 0 Å². The molecule has 0 saturated carbocycles. The second kappa shape index (κ2) is 6.14. The third-order valence-electron chi connectivity index (χ3n) is 4.03. The fourth-order valence-electron chi connectivity index (χ4n) is 3.08. The van der Waals surface area contributed by atoms with Gasteiger partial charge in [0.15, 0.2) is 0 Å². The Labute approximate surface area is 120 Å². The van der Waals surface area contributed by atoms with Gasteiger partial charge in [-0.05, 0) is 49.6 Å². The molecule has 2 heterocycles. The first-order valence-electron chi connectivity index (χ1n) is 7.48. The Bertz CT molecular complexity index is 553. The zero-order valence-electron chi connectivity index (χ0n) is 11.9. The molecule has 0 fully saturated rings. The third kappa shape index (κ3) is 2.59. The number of aryl methyl sites for hydroxylation is 1. The molecule has 2 unspecified atom stereocenters. The molecule has 2 aromatic heterocycles. The van der Waals surface area contributed by atoms with Crippen molar-refractivity contribution >= 4 is 0 Å². The second-order valence-corrected chi connectivity index (χ2v) is 5.38. The van der Waals surface area contributed by atoms with Gasteiger partial charge in [0, 0.05) is 24.0 Å². The Balaban J connectivity index is 1.91. The average Bonchev–Trinajstić information content (AvgIpc) is 2.93. The van der Waals surface area contributed by atoms with Gasteiger partial charge >= 0.3 is 0 Å². The van der Waals surface area contributed by atoms with Crippen LogP contribution in [0.1, 0.15) is 48.7 Å². The number of nitrogens with zero attached hydrogens (tertiary/aromatic N) is 2. The minimum Gasteiger partial charge on any atom is -0.308 e. The minimum atomic E-state index is 0.271. The molecule has 0 spiro atoms. The Hall–Kier alpha value is -1.74. The Kier molecular flexibility index (Phi) is 4.07. The maximum atomic E-state index is 4.63. The van der Waals surface area contributed by atoms with Crippen LogP contribution in [-0.2, 0) is 6.42 Å². The topological polar surface area (TPSA) is 37.8 Å². The summed E-state index contributed by atoms with van der Waals surface area (Å²) in [5, 5.41) is 3.67. The first-order valence-corrected chi connectivity index (χ1v) is 7.48. The number of hydrogen-bond acceptors (Lipinski definition) is 3. The van der Waals surface area contributed by atoms with Crippen LogP contribution in [0.4, 0.5) is 0 Å². The molecular formula is C17H21N3. The zero-order chi connectivity index (χ0) is 13.8. The Morgan fingerprint density at radius 1 is 1.20 bits per heavy atom. The van der Waals surface area contributed by atoms with Crippen LogP contribution in [0.3, 0.4) is 0 Å². The van der Waals surface area contributed by atoms with E-state index < -0.39 is 0 Å². The van der Waals surface area contributed by atoms with E-state index in [2.05, 4.69) is 40.4 Å². The lowest BCUT2D eigenvalue weighted by Gasteiger charge is -2.24. The van der Waals surface area contributed by atoms with Crippen LogP contribution in [0.25, 0.3) is 0 Å². The summed E-state index contributed by atoms with van der Waals surface area (Å²) in [5.74, 6) is 0.438. The highest BCUT2D eigenvalue weighted by Gasteiger charge is 2.32. The lowest BCUT2D eigenvalue weighted by molar-refractivity contribution is 0.429. The predicted octanol–water partition coefficient (Wildman–Crippen LogP) is 3.25. The van der Waals surface area contributed by atoms with E-state index in [9.17, 15) is 0 Å². The van der Waals surface area contributed by atoms with Crippen LogP contribution in [-0.4, -0.2) is 16.5 Å². The van der Waals surface area contributed by atoms with Crippen LogP contribution in [0.5, 0.6) is 0 Å². The Morgan fingerprint density at radius 2 is 2.10 bits per heavy atom.